The van der Waals surface area contributed by atoms with E-state index in [2.05, 4.69) is 0 Å². The number of Topliss-reactive ketones (excluding diaryl/α,β-unsaturated/α-hetero) is 1. The van der Waals surface area contributed by atoms with E-state index in [0.717, 1.165) is 6.29 Å². The lowest BCUT2D eigenvalue weighted by Gasteiger charge is -2.39. The molecule has 2 aromatic carbocycles. The summed E-state index contributed by atoms with van der Waals surface area (Å²) in [6.07, 6.45) is 1.83. The average molecular weight is 486 g/mol. The second-order valence-electron chi connectivity index (χ2n) is 8.32. The van der Waals surface area contributed by atoms with Gasteiger partial charge in [0, 0.05) is 38.6 Å². The number of likely N-dealkylation sites (tertiary alicyclic amines) is 1. The number of ether oxygens (including phenoxy) is 1. The van der Waals surface area contributed by atoms with Crippen LogP contribution in [0.3, 0.4) is 0 Å². The van der Waals surface area contributed by atoms with E-state index in [1.54, 1.807) is 13.0 Å². The van der Waals surface area contributed by atoms with Crippen molar-refractivity contribution in [2.45, 2.75) is 32.3 Å². The van der Waals surface area contributed by atoms with Crippen LogP contribution in [0.15, 0.2) is 58.9 Å². The van der Waals surface area contributed by atoms with Gasteiger partial charge in [0.15, 0.2) is 5.60 Å². The first kappa shape index (κ1) is 23.3. The first-order valence-corrected chi connectivity index (χ1v) is 11.5. The number of hydrogen-bond acceptors (Lipinski definition) is 5. The van der Waals surface area contributed by atoms with E-state index in [0.29, 0.717) is 70.2 Å². The van der Waals surface area contributed by atoms with Crippen molar-refractivity contribution in [2.75, 3.05) is 25.0 Å². The third-order valence-corrected chi connectivity index (χ3v) is 7.11. The highest BCUT2D eigenvalue weighted by molar-refractivity contribution is 6.44. The number of fused-ring (bicyclic) bond motifs is 1. The molecule has 0 radical (unpaired) electrons. The van der Waals surface area contributed by atoms with Gasteiger partial charge in [0.25, 0.3) is 0 Å². The topological polar surface area (TPSA) is 62.2 Å². The van der Waals surface area contributed by atoms with E-state index in [-0.39, 0.29) is 5.78 Å². The molecule has 6 nitrogen and oxygen atoms in total. The van der Waals surface area contributed by atoms with Gasteiger partial charge in [0.1, 0.15) is 23.7 Å². The number of piperidine rings is 1. The van der Waals surface area contributed by atoms with Crippen molar-refractivity contribution in [1.29, 1.82) is 0 Å². The van der Waals surface area contributed by atoms with E-state index in [1.165, 1.54) is 0 Å². The van der Waals surface area contributed by atoms with Gasteiger partial charge in [-0.15, -0.1) is 0 Å². The highest BCUT2D eigenvalue weighted by atomic mass is 35.5. The average Bonchev–Trinajstić information content (AvgIpc) is 3.10. The Labute approximate surface area is 203 Å². The molecule has 2 aliphatic heterocycles. The second kappa shape index (κ2) is 9.20. The second-order valence-corrected chi connectivity index (χ2v) is 9.11. The lowest BCUT2D eigenvalue weighted by Crippen LogP contribution is -2.50. The molecule has 0 saturated carbocycles. The fourth-order valence-corrected chi connectivity index (χ4v) is 4.69. The number of allylic oxidation sites excluding steroid dienone is 1. The molecule has 1 spiro atoms. The lowest BCUT2D eigenvalue weighted by atomic mass is 9.86. The number of carbonyl (C=O) groups is 2. The van der Waals surface area contributed by atoms with Crippen molar-refractivity contribution < 1.29 is 14.3 Å². The third kappa shape index (κ3) is 4.25. The number of hydrogen-bond donors (Lipinski definition) is 0. The number of carbonyl (C=O) groups excluding carboxylic acids is 2. The summed E-state index contributed by atoms with van der Waals surface area (Å²) < 4.78 is 6.13. The van der Waals surface area contributed by atoms with Crippen LogP contribution in [0.1, 0.15) is 37.0 Å². The number of ketones is 1. The Bertz CT molecular complexity index is 1170. The number of benzene rings is 2. The number of amidine groups is 1. The molecule has 33 heavy (non-hydrogen) atoms. The highest BCUT2D eigenvalue weighted by Crippen LogP contribution is 2.41. The molecule has 1 fully saturated rings. The molecular weight excluding hydrogens is 461 g/mol. The predicted molar refractivity (Wildman–Crippen MR) is 132 cm³/mol. The van der Waals surface area contributed by atoms with Gasteiger partial charge in [-0.1, -0.05) is 41.4 Å². The Morgan fingerprint density at radius 3 is 2.48 bits per heavy atom. The van der Waals surface area contributed by atoms with Crippen molar-refractivity contribution in [3.8, 4) is 5.75 Å². The van der Waals surface area contributed by atoms with Crippen LogP contribution in [-0.4, -0.2) is 48.5 Å². The molecule has 8 heteroatoms. The van der Waals surface area contributed by atoms with Crippen LogP contribution in [0.2, 0.25) is 10.0 Å². The van der Waals surface area contributed by atoms with Gasteiger partial charge < -0.3 is 14.5 Å². The van der Waals surface area contributed by atoms with Gasteiger partial charge in [0.05, 0.1) is 21.3 Å². The monoisotopic (exact) mass is 485 g/mol. The number of nitrogens with zero attached hydrogens (tertiary/aromatic N) is 3. The quantitative estimate of drug-likeness (QED) is 0.251. The largest absolute Gasteiger partial charge is 0.478 e. The predicted octanol–water partition coefficient (Wildman–Crippen LogP) is 5.39. The van der Waals surface area contributed by atoms with Crippen LogP contribution in [0.4, 0.5) is 5.69 Å². The molecule has 2 aliphatic rings. The molecule has 0 N–H and O–H groups in total. The standard InChI is InChI=1S/C25H25Cl2N3O3/c1-16(15-31)24(28-17(2)29(3)20-9-6-8-19(26)22(20)27)30-13-11-25(12-14-30)23(32)18-7-4-5-10-21(18)33-25/h4-10,15H,11-14H2,1-3H3/b24-16+,28-17-. The molecule has 0 aliphatic carbocycles. The van der Waals surface area contributed by atoms with E-state index < -0.39 is 5.60 Å². The molecule has 172 valence electrons. The van der Waals surface area contributed by atoms with Gasteiger partial charge >= 0.3 is 0 Å². The van der Waals surface area contributed by atoms with Crippen LogP contribution in [0.25, 0.3) is 0 Å². The molecule has 1 saturated heterocycles. The molecule has 4 rings (SSSR count). The van der Waals surface area contributed by atoms with Crippen molar-refractivity contribution >= 4 is 46.8 Å². The molecule has 0 bridgehead atoms. The van der Waals surface area contributed by atoms with E-state index in [4.69, 9.17) is 32.9 Å². The Hall–Kier alpha value is -2.83. The highest BCUT2D eigenvalue weighted by Gasteiger charge is 2.49. The van der Waals surface area contributed by atoms with Gasteiger partial charge in [-0.25, -0.2) is 4.99 Å². The minimum absolute atomic E-state index is 0.0328. The molecular formula is C25H25Cl2N3O3. The van der Waals surface area contributed by atoms with Gasteiger partial charge in [-0.05, 0) is 38.1 Å². The Morgan fingerprint density at radius 1 is 1.12 bits per heavy atom. The summed E-state index contributed by atoms with van der Waals surface area (Å²) in [5.41, 5.74) is 1.02. The maximum atomic E-state index is 13.1. The summed E-state index contributed by atoms with van der Waals surface area (Å²) in [5.74, 6) is 1.90. The van der Waals surface area contributed by atoms with Gasteiger partial charge in [-0.3, -0.25) is 9.59 Å². The summed E-state index contributed by atoms with van der Waals surface area (Å²) in [6.45, 7) is 4.67. The Kier molecular flexibility index (Phi) is 6.50. The zero-order chi connectivity index (χ0) is 23.8. The first-order chi connectivity index (χ1) is 15.8. The number of halogens is 2. The molecule has 2 aromatic rings. The fourth-order valence-electron chi connectivity index (χ4n) is 4.27. The van der Waals surface area contributed by atoms with E-state index in [1.807, 2.05) is 60.2 Å². The van der Waals surface area contributed by atoms with E-state index in [9.17, 15) is 9.59 Å². The molecule has 0 atom stereocenters. The maximum Gasteiger partial charge on any atom is 0.210 e. The van der Waals surface area contributed by atoms with Crippen LogP contribution in [-0.2, 0) is 4.79 Å². The zero-order valence-electron chi connectivity index (χ0n) is 18.8. The Morgan fingerprint density at radius 2 is 1.82 bits per heavy atom. The van der Waals surface area contributed by atoms with Crippen molar-refractivity contribution in [1.82, 2.24) is 4.90 Å². The number of aliphatic imine (C=N–C) groups is 1. The van der Waals surface area contributed by atoms with Crippen molar-refractivity contribution in [3.63, 3.8) is 0 Å². The van der Waals surface area contributed by atoms with Crippen LogP contribution in [0.5, 0.6) is 5.75 Å². The number of rotatable bonds is 4. The minimum atomic E-state index is -0.843. The summed E-state index contributed by atoms with van der Waals surface area (Å²) in [5, 5.41) is 0.891. The fraction of sp³-hybridized carbons (Fsp3) is 0.320. The maximum absolute atomic E-state index is 13.1. The van der Waals surface area contributed by atoms with Crippen molar-refractivity contribution in [3.05, 3.63) is 69.5 Å². The van der Waals surface area contributed by atoms with Crippen molar-refractivity contribution in [2.24, 2.45) is 4.99 Å². The summed E-state index contributed by atoms with van der Waals surface area (Å²) in [4.78, 5) is 33.4. The summed E-state index contributed by atoms with van der Waals surface area (Å²) in [7, 11) is 1.84. The van der Waals surface area contributed by atoms with Crippen LogP contribution in [0, 0.1) is 0 Å². The smallest absolute Gasteiger partial charge is 0.210 e. The lowest BCUT2D eigenvalue weighted by molar-refractivity contribution is -0.105. The van der Waals surface area contributed by atoms with E-state index >= 15 is 0 Å². The molecule has 0 aromatic heterocycles. The third-order valence-electron chi connectivity index (χ3n) is 6.30. The molecule has 0 unspecified atom stereocenters. The summed E-state index contributed by atoms with van der Waals surface area (Å²) in [6, 6.07) is 12.8. The Balaban J connectivity index is 1.56. The number of anilines is 1. The molecule has 2 heterocycles. The van der Waals surface area contributed by atoms with Crippen LogP contribution >= 0.6 is 23.2 Å². The zero-order valence-corrected chi connectivity index (χ0v) is 20.3. The number of aldehydes is 1. The first-order valence-electron chi connectivity index (χ1n) is 10.7. The number of para-hydroxylation sites is 1. The SMILES string of the molecule is C/C(=N/C(=C(/C)C=O)N1CCC2(CC1)Oc1ccccc1C2=O)N(C)c1cccc(Cl)c1Cl. The normalized spacial score (nSPS) is 18.0. The summed E-state index contributed by atoms with van der Waals surface area (Å²) >= 11 is 12.5. The minimum Gasteiger partial charge on any atom is -0.478 e. The van der Waals surface area contributed by atoms with Gasteiger partial charge in [0.2, 0.25) is 5.78 Å². The van der Waals surface area contributed by atoms with Crippen LogP contribution < -0.4 is 9.64 Å². The molecule has 0 amide bonds. The van der Waals surface area contributed by atoms with Gasteiger partial charge in [-0.2, -0.15) is 0 Å².